The van der Waals surface area contributed by atoms with Crippen molar-refractivity contribution in [3.8, 4) is 0 Å². The molecule has 0 bridgehead atoms. The average Bonchev–Trinajstić information content (AvgIpc) is 2.67. The van der Waals surface area contributed by atoms with Gasteiger partial charge in [0.1, 0.15) is 0 Å². The highest BCUT2D eigenvalue weighted by Crippen LogP contribution is 2.41. The van der Waals surface area contributed by atoms with E-state index in [0.29, 0.717) is 13.1 Å². The van der Waals surface area contributed by atoms with Gasteiger partial charge >= 0.3 is 0 Å². The summed E-state index contributed by atoms with van der Waals surface area (Å²) >= 11 is 6.20. The number of hydrogen-bond acceptors (Lipinski definition) is 2. The first kappa shape index (κ1) is 21.7. The van der Waals surface area contributed by atoms with E-state index in [-0.39, 0.29) is 29.8 Å². The van der Waals surface area contributed by atoms with Gasteiger partial charge in [-0.3, -0.25) is 4.79 Å². The van der Waals surface area contributed by atoms with Crippen LogP contribution in [0.25, 0.3) is 0 Å². The smallest absolute Gasteiger partial charge is 0.219 e. The first-order chi connectivity index (χ1) is 12.5. The molecule has 5 heteroatoms. The Kier molecular flexibility index (Phi) is 7.72. The highest BCUT2D eigenvalue weighted by Gasteiger charge is 2.38. The van der Waals surface area contributed by atoms with Gasteiger partial charge < -0.3 is 10.6 Å². The predicted octanol–water partition coefficient (Wildman–Crippen LogP) is 4.95. The van der Waals surface area contributed by atoms with Crippen LogP contribution in [0.3, 0.4) is 0 Å². The molecular weight excluding hydrogens is 379 g/mol. The largest absolute Gasteiger partial charge is 0.336 e. The van der Waals surface area contributed by atoms with E-state index in [1.165, 1.54) is 11.1 Å². The Labute approximate surface area is 173 Å². The fourth-order valence-corrected chi connectivity index (χ4v) is 4.36. The standard InChI is InChI=1S/C22H27ClN2O.ClH/c1-17(26)25(15-18-6-3-2-4-7-18)21-10-12-22(16-24,13-11-21)19-8-5-9-20(23)14-19;/h2-9,14,21H,10-13,15-16,24H2,1H3;1H. The number of halogens is 2. The van der Waals surface area contributed by atoms with Gasteiger partial charge in [0.15, 0.2) is 0 Å². The molecule has 3 nitrogen and oxygen atoms in total. The Morgan fingerprint density at radius 1 is 1.15 bits per heavy atom. The van der Waals surface area contributed by atoms with Crippen molar-refractivity contribution in [3.05, 3.63) is 70.7 Å². The molecule has 0 saturated heterocycles. The Morgan fingerprint density at radius 2 is 1.81 bits per heavy atom. The van der Waals surface area contributed by atoms with Gasteiger partial charge in [0, 0.05) is 36.5 Å². The number of benzene rings is 2. The van der Waals surface area contributed by atoms with Crippen molar-refractivity contribution in [2.24, 2.45) is 5.73 Å². The second kappa shape index (κ2) is 9.59. The highest BCUT2D eigenvalue weighted by atomic mass is 35.5. The van der Waals surface area contributed by atoms with Gasteiger partial charge in [0.05, 0.1) is 0 Å². The predicted molar refractivity (Wildman–Crippen MR) is 114 cm³/mol. The second-order valence-electron chi connectivity index (χ2n) is 7.36. The summed E-state index contributed by atoms with van der Waals surface area (Å²) in [7, 11) is 0. The van der Waals surface area contributed by atoms with Crippen molar-refractivity contribution in [1.29, 1.82) is 0 Å². The van der Waals surface area contributed by atoms with Crippen LogP contribution in [0.1, 0.15) is 43.7 Å². The van der Waals surface area contributed by atoms with Crippen LogP contribution >= 0.6 is 24.0 Å². The number of carbonyl (C=O) groups is 1. The molecule has 27 heavy (non-hydrogen) atoms. The second-order valence-corrected chi connectivity index (χ2v) is 7.79. The minimum atomic E-state index is -0.0311. The van der Waals surface area contributed by atoms with Gasteiger partial charge in [-0.2, -0.15) is 0 Å². The molecule has 0 radical (unpaired) electrons. The summed E-state index contributed by atoms with van der Waals surface area (Å²) < 4.78 is 0. The SMILES string of the molecule is CC(=O)N(Cc1ccccc1)C1CCC(CN)(c2cccc(Cl)c2)CC1.Cl. The molecule has 1 aliphatic carbocycles. The summed E-state index contributed by atoms with van der Waals surface area (Å²) in [6, 6.07) is 18.5. The zero-order valence-corrected chi connectivity index (χ0v) is 17.3. The van der Waals surface area contributed by atoms with Crippen LogP contribution in [0.5, 0.6) is 0 Å². The van der Waals surface area contributed by atoms with E-state index >= 15 is 0 Å². The summed E-state index contributed by atoms with van der Waals surface area (Å²) in [6.07, 6.45) is 3.90. The summed E-state index contributed by atoms with van der Waals surface area (Å²) in [5, 5.41) is 0.756. The molecule has 0 aliphatic heterocycles. The third kappa shape index (κ3) is 5.04. The van der Waals surface area contributed by atoms with Crippen LogP contribution in [-0.4, -0.2) is 23.4 Å². The van der Waals surface area contributed by atoms with Gasteiger partial charge in [-0.1, -0.05) is 54.1 Å². The fourth-order valence-electron chi connectivity index (χ4n) is 4.17. The molecule has 1 amide bonds. The lowest BCUT2D eigenvalue weighted by Gasteiger charge is -2.43. The van der Waals surface area contributed by atoms with Crippen LogP contribution < -0.4 is 5.73 Å². The van der Waals surface area contributed by atoms with Gasteiger partial charge in [-0.25, -0.2) is 0 Å². The molecule has 1 fully saturated rings. The van der Waals surface area contributed by atoms with E-state index in [1.54, 1.807) is 6.92 Å². The van der Waals surface area contributed by atoms with E-state index in [2.05, 4.69) is 18.2 Å². The molecule has 0 heterocycles. The molecule has 146 valence electrons. The molecular formula is C22H28Cl2N2O. The zero-order valence-electron chi connectivity index (χ0n) is 15.7. The number of rotatable bonds is 5. The van der Waals surface area contributed by atoms with Crippen LogP contribution in [0.15, 0.2) is 54.6 Å². The highest BCUT2D eigenvalue weighted by molar-refractivity contribution is 6.30. The third-order valence-corrected chi connectivity index (χ3v) is 6.02. The van der Waals surface area contributed by atoms with Gasteiger partial charge in [0.2, 0.25) is 5.91 Å². The lowest BCUT2D eigenvalue weighted by atomic mass is 9.68. The van der Waals surface area contributed by atoms with Crippen molar-refractivity contribution in [2.75, 3.05) is 6.54 Å². The van der Waals surface area contributed by atoms with Crippen LogP contribution in [0, 0.1) is 0 Å². The zero-order chi connectivity index (χ0) is 18.6. The van der Waals surface area contributed by atoms with Crippen molar-refractivity contribution < 1.29 is 4.79 Å². The first-order valence-corrected chi connectivity index (χ1v) is 9.69. The van der Waals surface area contributed by atoms with Crippen molar-refractivity contribution in [2.45, 2.75) is 50.6 Å². The summed E-state index contributed by atoms with van der Waals surface area (Å²) in [5.41, 5.74) is 8.57. The van der Waals surface area contributed by atoms with E-state index in [9.17, 15) is 4.79 Å². The van der Waals surface area contributed by atoms with Crippen molar-refractivity contribution in [1.82, 2.24) is 4.90 Å². The molecule has 1 saturated carbocycles. The number of hydrogen-bond donors (Lipinski definition) is 1. The van der Waals surface area contributed by atoms with Crippen LogP contribution in [0.4, 0.5) is 0 Å². The number of carbonyl (C=O) groups excluding carboxylic acids is 1. The Hall–Kier alpha value is -1.55. The number of amides is 1. The Bertz CT molecular complexity index is 743. The molecule has 1 aliphatic rings. The molecule has 3 rings (SSSR count). The maximum atomic E-state index is 12.3. The minimum Gasteiger partial charge on any atom is -0.336 e. The van der Waals surface area contributed by atoms with Crippen LogP contribution in [-0.2, 0) is 16.8 Å². The summed E-state index contributed by atoms with van der Waals surface area (Å²) in [5.74, 6) is 0.141. The molecule has 0 aromatic heterocycles. The molecule has 2 aromatic rings. The summed E-state index contributed by atoms with van der Waals surface area (Å²) in [6.45, 7) is 2.96. The normalized spacial score (nSPS) is 22.0. The topological polar surface area (TPSA) is 46.3 Å². The van der Waals surface area contributed by atoms with E-state index in [1.807, 2.05) is 41.3 Å². The maximum Gasteiger partial charge on any atom is 0.219 e. The van der Waals surface area contributed by atoms with Gasteiger partial charge in [-0.05, 0) is 48.9 Å². The fraction of sp³-hybridized carbons (Fsp3) is 0.409. The monoisotopic (exact) mass is 406 g/mol. The van der Waals surface area contributed by atoms with Gasteiger partial charge in [0.25, 0.3) is 0 Å². The molecule has 0 spiro atoms. The maximum absolute atomic E-state index is 12.3. The molecule has 0 atom stereocenters. The molecule has 0 unspecified atom stereocenters. The average molecular weight is 407 g/mol. The Balaban J connectivity index is 0.00000261. The lowest BCUT2D eigenvalue weighted by molar-refractivity contribution is -0.132. The quantitative estimate of drug-likeness (QED) is 0.762. The van der Waals surface area contributed by atoms with Crippen molar-refractivity contribution >= 4 is 29.9 Å². The van der Waals surface area contributed by atoms with Crippen molar-refractivity contribution in [3.63, 3.8) is 0 Å². The lowest BCUT2D eigenvalue weighted by Crippen LogP contribution is -2.46. The summed E-state index contributed by atoms with van der Waals surface area (Å²) in [4.78, 5) is 14.3. The minimum absolute atomic E-state index is 0. The third-order valence-electron chi connectivity index (χ3n) is 5.78. The Morgan fingerprint density at radius 3 is 2.37 bits per heavy atom. The molecule has 2 N–H and O–H groups in total. The van der Waals surface area contributed by atoms with Gasteiger partial charge in [-0.15, -0.1) is 12.4 Å². The number of nitrogens with two attached hydrogens (primary N) is 1. The molecule has 2 aromatic carbocycles. The number of nitrogens with zero attached hydrogens (tertiary/aromatic N) is 1. The first-order valence-electron chi connectivity index (χ1n) is 9.31. The van der Waals surface area contributed by atoms with E-state index < -0.39 is 0 Å². The van der Waals surface area contributed by atoms with E-state index in [0.717, 1.165) is 30.7 Å². The van der Waals surface area contributed by atoms with E-state index in [4.69, 9.17) is 17.3 Å². The van der Waals surface area contributed by atoms with Crippen LogP contribution in [0.2, 0.25) is 5.02 Å².